The Labute approximate surface area is 132 Å². The van der Waals surface area contributed by atoms with Gasteiger partial charge in [-0.1, -0.05) is 6.07 Å². The van der Waals surface area contributed by atoms with E-state index in [9.17, 15) is 4.79 Å². The van der Waals surface area contributed by atoms with E-state index >= 15 is 0 Å². The van der Waals surface area contributed by atoms with Gasteiger partial charge in [0, 0.05) is 6.42 Å². The Bertz CT molecular complexity index is 976. The van der Waals surface area contributed by atoms with Gasteiger partial charge in [-0.05, 0) is 54.8 Å². The molecule has 0 atom stereocenters. The summed E-state index contributed by atoms with van der Waals surface area (Å²) in [5.74, 6) is 1.45. The lowest BCUT2D eigenvalue weighted by molar-refractivity contribution is 0.174. The molecule has 0 saturated heterocycles. The van der Waals surface area contributed by atoms with Crippen LogP contribution >= 0.6 is 0 Å². The molecule has 116 valence electrons. The number of fused-ring (bicyclic) bond motifs is 2. The first kappa shape index (κ1) is 13.8. The highest BCUT2D eigenvalue weighted by atomic mass is 16.7. The molecule has 1 aliphatic heterocycles. The van der Waals surface area contributed by atoms with E-state index in [0.29, 0.717) is 17.9 Å². The zero-order valence-electron chi connectivity index (χ0n) is 13.0. The average molecular weight is 308 g/mol. The molecule has 23 heavy (non-hydrogen) atoms. The van der Waals surface area contributed by atoms with Crippen LogP contribution in [0.2, 0.25) is 0 Å². The van der Waals surface area contributed by atoms with Crippen LogP contribution in [0.15, 0.2) is 35.1 Å². The van der Waals surface area contributed by atoms with E-state index in [1.54, 1.807) is 0 Å². The normalized spacial score (nSPS) is 12.8. The Morgan fingerprint density at radius 2 is 1.87 bits per heavy atom. The molecule has 1 aromatic heterocycles. The molecule has 1 aliphatic rings. The SMILES string of the molecule is Cc1cc2nc(Cc3ccc4c(c3)OCO4)c(=O)[nH]c2cc1C. The second-order valence-corrected chi connectivity index (χ2v) is 5.83. The van der Waals surface area contributed by atoms with E-state index < -0.39 is 0 Å². The molecule has 2 aromatic carbocycles. The van der Waals surface area contributed by atoms with Gasteiger partial charge in [-0.3, -0.25) is 4.79 Å². The van der Waals surface area contributed by atoms with Gasteiger partial charge in [0.1, 0.15) is 5.69 Å². The summed E-state index contributed by atoms with van der Waals surface area (Å²) >= 11 is 0. The third-order valence-corrected chi connectivity index (χ3v) is 4.19. The predicted molar refractivity (Wildman–Crippen MR) is 87.2 cm³/mol. The first-order valence-electron chi connectivity index (χ1n) is 7.49. The lowest BCUT2D eigenvalue weighted by Gasteiger charge is -2.06. The first-order valence-corrected chi connectivity index (χ1v) is 7.49. The Morgan fingerprint density at radius 3 is 2.74 bits per heavy atom. The molecule has 5 nitrogen and oxygen atoms in total. The van der Waals surface area contributed by atoms with Gasteiger partial charge in [0.25, 0.3) is 5.56 Å². The molecule has 0 amide bonds. The highest BCUT2D eigenvalue weighted by molar-refractivity contribution is 5.76. The molecular weight excluding hydrogens is 292 g/mol. The number of nitrogens with zero attached hydrogens (tertiary/aromatic N) is 1. The van der Waals surface area contributed by atoms with Gasteiger partial charge in [-0.25, -0.2) is 4.98 Å². The molecule has 0 saturated carbocycles. The van der Waals surface area contributed by atoms with E-state index in [2.05, 4.69) is 9.97 Å². The van der Waals surface area contributed by atoms with Crippen LogP contribution in [0.5, 0.6) is 11.5 Å². The predicted octanol–water partition coefficient (Wildman–Crippen LogP) is 2.86. The maximum atomic E-state index is 12.3. The van der Waals surface area contributed by atoms with Crippen LogP contribution in [-0.2, 0) is 6.42 Å². The van der Waals surface area contributed by atoms with Crippen molar-refractivity contribution in [2.75, 3.05) is 6.79 Å². The van der Waals surface area contributed by atoms with Crippen molar-refractivity contribution in [2.24, 2.45) is 0 Å². The van der Waals surface area contributed by atoms with Crippen LogP contribution in [0.3, 0.4) is 0 Å². The summed E-state index contributed by atoms with van der Waals surface area (Å²) in [5.41, 5.74) is 5.19. The average Bonchev–Trinajstić information content (AvgIpc) is 2.98. The summed E-state index contributed by atoms with van der Waals surface area (Å²) in [7, 11) is 0. The molecule has 0 unspecified atom stereocenters. The zero-order valence-corrected chi connectivity index (χ0v) is 13.0. The minimum absolute atomic E-state index is 0.154. The minimum Gasteiger partial charge on any atom is -0.454 e. The molecule has 4 rings (SSSR count). The van der Waals surface area contributed by atoms with Gasteiger partial charge in [-0.15, -0.1) is 0 Å². The van der Waals surface area contributed by atoms with Gasteiger partial charge in [0.15, 0.2) is 11.5 Å². The van der Waals surface area contributed by atoms with E-state index in [0.717, 1.165) is 33.5 Å². The number of hydrogen-bond acceptors (Lipinski definition) is 4. The van der Waals surface area contributed by atoms with Crippen molar-refractivity contribution in [1.82, 2.24) is 9.97 Å². The Morgan fingerprint density at radius 1 is 1.09 bits per heavy atom. The largest absolute Gasteiger partial charge is 0.454 e. The van der Waals surface area contributed by atoms with Crippen molar-refractivity contribution in [1.29, 1.82) is 0 Å². The second kappa shape index (κ2) is 5.12. The number of H-pyrrole nitrogens is 1. The molecule has 0 bridgehead atoms. The lowest BCUT2D eigenvalue weighted by atomic mass is 10.1. The molecule has 3 aromatic rings. The van der Waals surface area contributed by atoms with Crippen molar-refractivity contribution >= 4 is 11.0 Å². The fourth-order valence-electron chi connectivity index (χ4n) is 2.75. The first-order chi connectivity index (χ1) is 11.1. The highest BCUT2D eigenvalue weighted by Gasteiger charge is 2.14. The molecule has 2 heterocycles. The van der Waals surface area contributed by atoms with E-state index in [4.69, 9.17) is 9.47 Å². The highest BCUT2D eigenvalue weighted by Crippen LogP contribution is 2.32. The summed E-state index contributed by atoms with van der Waals surface area (Å²) in [6.45, 7) is 4.30. The zero-order chi connectivity index (χ0) is 16.0. The van der Waals surface area contributed by atoms with Crippen molar-refractivity contribution in [2.45, 2.75) is 20.3 Å². The Hall–Kier alpha value is -2.82. The quantitative estimate of drug-likeness (QED) is 0.790. The Kier molecular flexibility index (Phi) is 3.08. The van der Waals surface area contributed by atoms with Gasteiger partial charge in [-0.2, -0.15) is 0 Å². The third-order valence-electron chi connectivity index (χ3n) is 4.19. The molecule has 5 heteroatoms. The van der Waals surface area contributed by atoms with Gasteiger partial charge >= 0.3 is 0 Å². The Balaban J connectivity index is 1.75. The van der Waals surface area contributed by atoms with Crippen molar-refractivity contribution in [3.05, 3.63) is 63.1 Å². The van der Waals surface area contributed by atoms with Crippen LogP contribution in [0.25, 0.3) is 11.0 Å². The molecule has 0 aliphatic carbocycles. The molecule has 1 N–H and O–H groups in total. The summed E-state index contributed by atoms with van der Waals surface area (Å²) in [6, 6.07) is 9.65. The molecular formula is C18H16N2O3. The monoisotopic (exact) mass is 308 g/mol. The van der Waals surface area contributed by atoms with Crippen molar-refractivity contribution < 1.29 is 9.47 Å². The van der Waals surface area contributed by atoms with Gasteiger partial charge < -0.3 is 14.5 Å². The number of aromatic amines is 1. The van der Waals surface area contributed by atoms with Crippen LogP contribution < -0.4 is 15.0 Å². The number of rotatable bonds is 2. The van der Waals surface area contributed by atoms with Crippen LogP contribution in [-0.4, -0.2) is 16.8 Å². The fraction of sp³-hybridized carbons (Fsp3) is 0.222. The molecule has 0 spiro atoms. The van der Waals surface area contributed by atoms with Crippen LogP contribution in [0, 0.1) is 13.8 Å². The fourth-order valence-corrected chi connectivity index (χ4v) is 2.75. The molecule has 0 radical (unpaired) electrons. The number of benzene rings is 2. The third kappa shape index (κ3) is 2.44. The van der Waals surface area contributed by atoms with E-state index in [1.807, 2.05) is 44.2 Å². The van der Waals surface area contributed by atoms with Crippen molar-refractivity contribution in [3.63, 3.8) is 0 Å². The number of ether oxygens (including phenoxy) is 2. The maximum Gasteiger partial charge on any atom is 0.270 e. The number of aryl methyl sites for hydroxylation is 2. The topological polar surface area (TPSA) is 64.2 Å². The smallest absolute Gasteiger partial charge is 0.270 e. The van der Waals surface area contributed by atoms with E-state index in [-0.39, 0.29) is 12.4 Å². The lowest BCUT2D eigenvalue weighted by Crippen LogP contribution is -2.15. The summed E-state index contributed by atoms with van der Waals surface area (Å²) in [4.78, 5) is 19.8. The number of aromatic nitrogens is 2. The van der Waals surface area contributed by atoms with Gasteiger partial charge in [0.2, 0.25) is 6.79 Å². The summed E-state index contributed by atoms with van der Waals surface area (Å²) in [6.07, 6.45) is 0.453. The number of hydrogen-bond donors (Lipinski definition) is 1. The van der Waals surface area contributed by atoms with Crippen LogP contribution in [0.4, 0.5) is 0 Å². The van der Waals surface area contributed by atoms with E-state index in [1.165, 1.54) is 0 Å². The second-order valence-electron chi connectivity index (χ2n) is 5.83. The number of nitrogens with one attached hydrogen (secondary N) is 1. The maximum absolute atomic E-state index is 12.3. The summed E-state index contributed by atoms with van der Waals surface area (Å²) < 4.78 is 10.7. The standard InChI is InChI=1S/C18H16N2O3/c1-10-5-13-14(6-11(10)2)20-18(21)15(19-13)7-12-3-4-16-17(8-12)23-9-22-16/h3-6,8H,7,9H2,1-2H3,(H,20,21). The van der Waals surface area contributed by atoms with Crippen LogP contribution in [0.1, 0.15) is 22.4 Å². The van der Waals surface area contributed by atoms with Crippen molar-refractivity contribution in [3.8, 4) is 11.5 Å². The summed E-state index contributed by atoms with van der Waals surface area (Å²) in [5, 5.41) is 0. The molecule has 0 fully saturated rings. The van der Waals surface area contributed by atoms with Gasteiger partial charge in [0.05, 0.1) is 11.0 Å². The minimum atomic E-state index is -0.154.